The molecule has 25 heavy (non-hydrogen) atoms. The number of ether oxygens (including phenoxy) is 1. The summed E-state index contributed by atoms with van der Waals surface area (Å²) in [4.78, 5) is 0. The van der Waals surface area contributed by atoms with Crippen LogP contribution in [-0.4, -0.2) is 11.3 Å². The number of rotatable bonds is 6. The molecule has 0 saturated heterocycles. The van der Waals surface area contributed by atoms with Gasteiger partial charge < -0.3 is 9.26 Å². The highest BCUT2D eigenvalue weighted by molar-refractivity contribution is 5.77. The quantitative estimate of drug-likeness (QED) is 0.406. The van der Waals surface area contributed by atoms with Crippen molar-refractivity contribution in [3.05, 3.63) is 47.6 Å². The summed E-state index contributed by atoms with van der Waals surface area (Å²) in [5.41, 5.74) is 1.89. The van der Waals surface area contributed by atoms with Gasteiger partial charge in [0.2, 0.25) is 0 Å². The summed E-state index contributed by atoms with van der Waals surface area (Å²) >= 11 is 0. The second-order valence-electron chi connectivity index (χ2n) is 5.17. The van der Waals surface area contributed by atoms with Crippen molar-refractivity contribution in [2.75, 3.05) is 0 Å². The van der Waals surface area contributed by atoms with Gasteiger partial charge in [-0.2, -0.15) is 8.78 Å². The molecule has 0 aliphatic heterocycles. The van der Waals surface area contributed by atoms with E-state index in [-0.39, 0.29) is 5.76 Å². The predicted octanol–water partition coefficient (Wildman–Crippen LogP) is 7.02. The number of allylic oxidation sites excluding steroid dienone is 4. The van der Waals surface area contributed by atoms with Gasteiger partial charge in [-0.3, -0.25) is 0 Å². The lowest BCUT2D eigenvalue weighted by atomic mass is 10.0. The van der Waals surface area contributed by atoms with E-state index in [4.69, 9.17) is 9.26 Å². The Balaban J connectivity index is 0.00000134. The third kappa shape index (κ3) is 6.85. The Morgan fingerprint density at radius 3 is 2.24 bits per heavy atom. The first-order chi connectivity index (χ1) is 11.9. The second-order valence-corrected chi connectivity index (χ2v) is 5.17. The molecule has 1 fully saturated rings. The summed E-state index contributed by atoms with van der Waals surface area (Å²) in [5, 5.41) is 4.04. The molecule has 1 aromatic rings. The largest absolute Gasteiger partial charge is 0.432 e. The van der Waals surface area contributed by atoms with Crippen LogP contribution in [0, 0.1) is 6.92 Å². The van der Waals surface area contributed by atoms with Crippen molar-refractivity contribution in [2.24, 2.45) is 0 Å². The molecule has 0 amide bonds. The molecule has 1 aromatic heterocycles. The molecule has 1 saturated carbocycles. The lowest BCUT2D eigenvalue weighted by Gasteiger charge is -2.17. The van der Waals surface area contributed by atoms with Crippen molar-refractivity contribution in [3.8, 4) is 0 Å². The number of hydrogen-bond acceptors (Lipinski definition) is 3. The molecular formula is C20H31F2NO2. The fraction of sp³-hybridized carbons (Fsp3) is 0.550. The average Bonchev–Trinajstić information content (AvgIpc) is 3.35. The lowest BCUT2D eigenvalue weighted by Crippen LogP contribution is -2.15. The van der Waals surface area contributed by atoms with Gasteiger partial charge in [-0.05, 0) is 32.8 Å². The van der Waals surface area contributed by atoms with Crippen LogP contribution in [0.1, 0.15) is 77.3 Å². The molecule has 2 rings (SSSR count). The highest BCUT2D eigenvalue weighted by atomic mass is 19.3. The number of nitrogens with zero attached hydrogens (tertiary/aromatic N) is 1. The fourth-order valence-corrected chi connectivity index (χ4v) is 2.20. The topological polar surface area (TPSA) is 35.3 Å². The van der Waals surface area contributed by atoms with E-state index in [1.54, 1.807) is 13.0 Å². The maximum atomic E-state index is 13.2. The first-order valence-corrected chi connectivity index (χ1v) is 8.90. The van der Waals surface area contributed by atoms with Gasteiger partial charge in [-0.15, -0.1) is 0 Å². The SMILES string of the molecule is C=C/C=C(OC(C)(F)F)\C(=C/C)c1noc(C2CC2)c1C.CC.CC. The van der Waals surface area contributed by atoms with Crippen molar-refractivity contribution in [3.63, 3.8) is 0 Å². The average molecular weight is 355 g/mol. The van der Waals surface area contributed by atoms with Crippen LogP contribution in [0.3, 0.4) is 0 Å². The molecule has 0 aromatic carbocycles. The van der Waals surface area contributed by atoms with Gasteiger partial charge in [0.25, 0.3) is 0 Å². The molecule has 0 spiro atoms. The third-order valence-corrected chi connectivity index (χ3v) is 3.28. The van der Waals surface area contributed by atoms with Crippen LogP contribution in [0.15, 0.2) is 35.1 Å². The molecule has 1 heterocycles. The maximum absolute atomic E-state index is 13.2. The van der Waals surface area contributed by atoms with Crippen molar-refractivity contribution < 1.29 is 18.0 Å². The molecule has 142 valence electrons. The summed E-state index contributed by atoms with van der Waals surface area (Å²) in [5.74, 6) is 1.27. The van der Waals surface area contributed by atoms with Gasteiger partial charge in [0, 0.05) is 24.0 Å². The van der Waals surface area contributed by atoms with Crippen LogP contribution in [0.25, 0.3) is 5.57 Å². The highest BCUT2D eigenvalue weighted by Crippen LogP contribution is 2.43. The van der Waals surface area contributed by atoms with Crippen molar-refractivity contribution in [1.82, 2.24) is 5.16 Å². The van der Waals surface area contributed by atoms with E-state index in [0.717, 1.165) is 24.2 Å². The third-order valence-electron chi connectivity index (χ3n) is 3.28. The van der Waals surface area contributed by atoms with E-state index in [9.17, 15) is 8.78 Å². The molecule has 1 aliphatic rings. The van der Waals surface area contributed by atoms with Gasteiger partial charge >= 0.3 is 6.11 Å². The summed E-state index contributed by atoms with van der Waals surface area (Å²) in [6, 6.07) is 0. The molecule has 0 radical (unpaired) electrons. The molecular weight excluding hydrogens is 324 g/mol. The number of hydrogen-bond donors (Lipinski definition) is 0. The summed E-state index contributed by atoms with van der Waals surface area (Å²) in [6.45, 7) is 15.9. The van der Waals surface area contributed by atoms with Gasteiger partial charge in [0.1, 0.15) is 17.2 Å². The minimum Gasteiger partial charge on any atom is -0.432 e. The van der Waals surface area contributed by atoms with Crippen LogP contribution < -0.4 is 0 Å². The van der Waals surface area contributed by atoms with Gasteiger partial charge in [-0.1, -0.05) is 51.6 Å². The predicted molar refractivity (Wildman–Crippen MR) is 99.5 cm³/mol. The summed E-state index contributed by atoms with van der Waals surface area (Å²) < 4.78 is 36.5. The van der Waals surface area contributed by atoms with E-state index >= 15 is 0 Å². The summed E-state index contributed by atoms with van der Waals surface area (Å²) in [7, 11) is 0. The second kappa shape index (κ2) is 10.9. The number of halogens is 2. The Morgan fingerprint density at radius 1 is 1.28 bits per heavy atom. The minimum atomic E-state index is -3.28. The van der Waals surface area contributed by atoms with E-state index < -0.39 is 6.11 Å². The van der Waals surface area contributed by atoms with Crippen molar-refractivity contribution in [1.29, 1.82) is 0 Å². The number of alkyl halides is 2. The molecule has 0 unspecified atom stereocenters. The monoisotopic (exact) mass is 355 g/mol. The number of aromatic nitrogens is 1. The molecule has 0 bridgehead atoms. The van der Waals surface area contributed by atoms with Crippen LogP contribution in [0.2, 0.25) is 0 Å². The Hall–Kier alpha value is -1.91. The smallest absolute Gasteiger partial charge is 0.394 e. The normalized spacial score (nSPS) is 14.8. The van der Waals surface area contributed by atoms with E-state index in [0.29, 0.717) is 24.1 Å². The van der Waals surface area contributed by atoms with Gasteiger partial charge in [0.05, 0.1) is 0 Å². The van der Waals surface area contributed by atoms with E-state index in [1.165, 1.54) is 12.2 Å². The zero-order valence-corrected chi connectivity index (χ0v) is 16.5. The highest BCUT2D eigenvalue weighted by Gasteiger charge is 2.33. The van der Waals surface area contributed by atoms with Crippen LogP contribution in [-0.2, 0) is 4.74 Å². The zero-order valence-electron chi connectivity index (χ0n) is 16.5. The molecule has 3 nitrogen and oxygen atoms in total. The van der Waals surface area contributed by atoms with Gasteiger partial charge in [0.15, 0.2) is 0 Å². The lowest BCUT2D eigenvalue weighted by molar-refractivity contribution is -0.194. The minimum absolute atomic E-state index is 0.0266. The van der Waals surface area contributed by atoms with E-state index in [1.807, 2.05) is 34.6 Å². The molecule has 5 heteroatoms. The maximum Gasteiger partial charge on any atom is 0.394 e. The Bertz CT molecular complexity index is 591. The Labute approximate surface area is 150 Å². The van der Waals surface area contributed by atoms with Crippen molar-refractivity contribution >= 4 is 5.57 Å². The Kier molecular flexibility index (Phi) is 10.0. The van der Waals surface area contributed by atoms with Crippen LogP contribution in [0.5, 0.6) is 0 Å². The standard InChI is InChI=1S/C16H19F2NO2.2C2H6/c1-5-7-13(20-16(4,17)18)12(6-2)14-10(3)15(21-19-14)11-8-9-11;2*1-2/h5-7,11H,1,8-9H2,2-4H3;2*1-2H3/b12-6+,13-7+;;. The van der Waals surface area contributed by atoms with Crippen LogP contribution in [0.4, 0.5) is 8.78 Å². The van der Waals surface area contributed by atoms with Crippen molar-refractivity contribution in [2.45, 2.75) is 73.3 Å². The fourth-order valence-electron chi connectivity index (χ4n) is 2.20. The Morgan fingerprint density at radius 2 is 1.84 bits per heavy atom. The van der Waals surface area contributed by atoms with E-state index in [2.05, 4.69) is 11.7 Å². The van der Waals surface area contributed by atoms with Crippen LogP contribution >= 0.6 is 0 Å². The first kappa shape index (κ1) is 23.1. The first-order valence-electron chi connectivity index (χ1n) is 8.90. The van der Waals surface area contributed by atoms with Gasteiger partial charge in [-0.25, -0.2) is 0 Å². The molecule has 0 atom stereocenters. The summed E-state index contributed by atoms with van der Waals surface area (Å²) in [6.07, 6.45) is 3.38. The molecule has 0 N–H and O–H groups in total. The molecule has 1 aliphatic carbocycles. The zero-order chi connectivity index (χ0) is 19.6.